The standard InChI is InChI=1S/C24H21N5O2S/c1-31-19-13-11-16(12-14-19)21-15-18-9-5-6-10-20(18)22(27-26-21)28-29-24(32)25-23(30)17-7-3-2-4-8-17/h2-14H,15H2,1H3,(H,27,28)(H2,25,29,30,32). The van der Waals surface area contributed by atoms with Crippen LogP contribution in [0.25, 0.3) is 0 Å². The van der Waals surface area contributed by atoms with E-state index < -0.39 is 0 Å². The highest BCUT2D eigenvalue weighted by atomic mass is 32.1. The van der Waals surface area contributed by atoms with Gasteiger partial charge in [-0.3, -0.25) is 21.0 Å². The first kappa shape index (κ1) is 21.2. The number of hydrogen-bond donors (Lipinski definition) is 3. The first-order chi connectivity index (χ1) is 15.6. The molecular formula is C24H21N5O2S. The Balaban J connectivity index is 1.50. The van der Waals surface area contributed by atoms with E-state index in [0.717, 1.165) is 28.2 Å². The van der Waals surface area contributed by atoms with Crippen molar-refractivity contribution in [1.29, 1.82) is 0 Å². The fraction of sp³-hybridized carbons (Fsp3) is 0.0833. The number of methoxy groups -OCH3 is 1. The number of amidine groups is 1. The number of hydrazine groups is 1. The highest BCUT2D eigenvalue weighted by Crippen LogP contribution is 2.19. The van der Waals surface area contributed by atoms with Gasteiger partial charge in [-0.15, -0.1) is 5.10 Å². The van der Waals surface area contributed by atoms with Crippen LogP contribution in [0.1, 0.15) is 27.0 Å². The zero-order valence-corrected chi connectivity index (χ0v) is 18.1. The van der Waals surface area contributed by atoms with Crippen molar-refractivity contribution in [2.24, 2.45) is 10.2 Å². The second-order valence-electron chi connectivity index (χ2n) is 6.96. The molecule has 0 radical (unpaired) electrons. The lowest BCUT2D eigenvalue weighted by Gasteiger charge is -2.14. The van der Waals surface area contributed by atoms with Crippen molar-refractivity contribution < 1.29 is 9.53 Å². The number of benzene rings is 3. The lowest BCUT2D eigenvalue weighted by molar-refractivity contribution is 0.0976. The number of rotatable bonds is 3. The van der Waals surface area contributed by atoms with Crippen LogP contribution in [-0.4, -0.2) is 29.7 Å². The number of nitrogens with zero attached hydrogens (tertiary/aromatic N) is 2. The highest BCUT2D eigenvalue weighted by molar-refractivity contribution is 7.80. The van der Waals surface area contributed by atoms with Crippen molar-refractivity contribution >= 4 is 34.8 Å². The van der Waals surface area contributed by atoms with Crippen molar-refractivity contribution in [3.05, 3.63) is 101 Å². The smallest absolute Gasteiger partial charge is 0.257 e. The summed E-state index contributed by atoms with van der Waals surface area (Å²) in [5.74, 6) is 0.984. The molecule has 0 unspecified atom stereocenters. The molecule has 0 saturated carbocycles. The van der Waals surface area contributed by atoms with Gasteiger partial charge < -0.3 is 4.74 Å². The molecule has 3 N–H and O–H groups in total. The van der Waals surface area contributed by atoms with Crippen LogP contribution in [0.15, 0.2) is 89.1 Å². The number of fused-ring (bicyclic) bond motifs is 1. The molecule has 1 heterocycles. The van der Waals surface area contributed by atoms with Gasteiger partial charge in [0.1, 0.15) is 5.75 Å². The molecule has 0 bridgehead atoms. The molecule has 0 atom stereocenters. The fourth-order valence-corrected chi connectivity index (χ4v) is 3.38. The molecule has 0 spiro atoms. The van der Waals surface area contributed by atoms with Crippen LogP contribution in [-0.2, 0) is 6.42 Å². The van der Waals surface area contributed by atoms with Crippen LogP contribution in [0.4, 0.5) is 0 Å². The third-order valence-electron chi connectivity index (χ3n) is 4.88. The van der Waals surface area contributed by atoms with Crippen LogP contribution < -0.4 is 20.9 Å². The molecule has 1 aliphatic heterocycles. The third kappa shape index (κ3) is 4.98. The topological polar surface area (TPSA) is 87.1 Å². The highest BCUT2D eigenvalue weighted by Gasteiger charge is 2.17. The van der Waals surface area contributed by atoms with Gasteiger partial charge in [0.2, 0.25) is 0 Å². The molecule has 3 aromatic rings. The van der Waals surface area contributed by atoms with Crippen molar-refractivity contribution in [1.82, 2.24) is 16.2 Å². The maximum atomic E-state index is 12.3. The molecule has 160 valence electrons. The molecule has 32 heavy (non-hydrogen) atoms. The SMILES string of the molecule is COc1ccc(C2=NN=C(NNC(=S)NC(=O)c3ccccc3)c3ccccc3C2)cc1. The largest absolute Gasteiger partial charge is 0.497 e. The Hall–Kier alpha value is -4.04. The van der Waals surface area contributed by atoms with Gasteiger partial charge in [-0.25, -0.2) is 0 Å². The molecule has 0 aromatic heterocycles. The fourth-order valence-electron chi connectivity index (χ4n) is 3.23. The van der Waals surface area contributed by atoms with Gasteiger partial charge in [-0.2, -0.15) is 5.10 Å². The molecule has 0 fully saturated rings. The van der Waals surface area contributed by atoms with E-state index in [-0.39, 0.29) is 11.0 Å². The maximum absolute atomic E-state index is 12.3. The maximum Gasteiger partial charge on any atom is 0.257 e. The monoisotopic (exact) mass is 443 g/mol. The molecule has 0 saturated heterocycles. The molecule has 1 amide bonds. The minimum atomic E-state index is -0.298. The Kier molecular flexibility index (Phi) is 6.52. The predicted octanol–water partition coefficient (Wildman–Crippen LogP) is 3.21. The van der Waals surface area contributed by atoms with Crippen LogP contribution in [0.3, 0.4) is 0 Å². The normalized spacial score (nSPS) is 12.4. The van der Waals surface area contributed by atoms with E-state index in [2.05, 4.69) is 26.4 Å². The molecule has 4 rings (SSSR count). The van der Waals surface area contributed by atoms with Gasteiger partial charge in [0, 0.05) is 17.5 Å². The summed E-state index contributed by atoms with van der Waals surface area (Å²) in [7, 11) is 1.64. The summed E-state index contributed by atoms with van der Waals surface area (Å²) in [5, 5.41) is 11.6. The summed E-state index contributed by atoms with van der Waals surface area (Å²) < 4.78 is 5.24. The van der Waals surface area contributed by atoms with Gasteiger partial charge in [-0.05, 0) is 59.7 Å². The first-order valence-corrected chi connectivity index (χ1v) is 10.3. The lowest BCUT2D eigenvalue weighted by atomic mass is 9.98. The second kappa shape index (κ2) is 9.84. The van der Waals surface area contributed by atoms with E-state index in [1.54, 1.807) is 31.4 Å². The summed E-state index contributed by atoms with van der Waals surface area (Å²) in [6, 6.07) is 24.5. The van der Waals surface area contributed by atoms with Crippen LogP contribution in [0.2, 0.25) is 0 Å². The number of thiocarbonyl (C=S) groups is 1. The molecule has 0 aliphatic carbocycles. The summed E-state index contributed by atoms with van der Waals surface area (Å²) in [6.07, 6.45) is 0.617. The number of hydrogen-bond acceptors (Lipinski definition) is 6. The van der Waals surface area contributed by atoms with E-state index in [1.807, 2.05) is 54.6 Å². The van der Waals surface area contributed by atoms with Gasteiger partial charge in [-0.1, -0.05) is 42.5 Å². The average molecular weight is 444 g/mol. The quantitative estimate of drug-likeness (QED) is 0.427. The lowest BCUT2D eigenvalue weighted by Crippen LogP contribution is -2.48. The van der Waals surface area contributed by atoms with E-state index >= 15 is 0 Å². The Morgan fingerprint density at radius 2 is 1.66 bits per heavy atom. The number of nitrogens with one attached hydrogen (secondary N) is 3. The number of ether oxygens (including phenoxy) is 1. The van der Waals surface area contributed by atoms with Gasteiger partial charge >= 0.3 is 0 Å². The van der Waals surface area contributed by atoms with E-state index in [9.17, 15) is 4.79 Å². The Bertz CT molecular complexity index is 1190. The molecular weight excluding hydrogens is 422 g/mol. The van der Waals surface area contributed by atoms with Gasteiger partial charge in [0.25, 0.3) is 5.91 Å². The zero-order chi connectivity index (χ0) is 22.3. The first-order valence-electron chi connectivity index (χ1n) is 9.93. The van der Waals surface area contributed by atoms with E-state index in [1.165, 1.54) is 0 Å². The van der Waals surface area contributed by atoms with Crippen molar-refractivity contribution in [3.63, 3.8) is 0 Å². The predicted molar refractivity (Wildman–Crippen MR) is 129 cm³/mol. The van der Waals surface area contributed by atoms with Crippen molar-refractivity contribution in [2.75, 3.05) is 7.11 Å². The summed E-state index contributed by atoms with van der Waals surface area (Å²) in [4.78, 5) is 12.3. The van der Waals surface area contributed by atoms with Crippen LogP contribution in [0.5, 0.6) is 5.75 Å². The number of amides is 1. The number of carbonyl (C=O) groups is 1. The van der Waals surface area contributed by atoms with E-state index in [4.69, 9.17) is 17.0 Å². The Labute approximate surface area is 191 Å². The Morgan fingerprint density at radius 1 is 0.938 bits per heavy atom. The zero-order valence-electron chi connectivity index (χ0n) is 17.3. The molecule has 8 heteroatoms. The number of carbonyl (C=O) groups excluding carboxylic acids is 1. The minimum Gasteiger partial charge on any atom is -0.497 e. The van der Waals surface area contributed by atoms with Crippen molar-refractivity contribution in [2.45, 2.75) is 6.42 Å². The Morgan fingerprint density at radius 3 is 2.41 bits per heavy atom. The molecule has 3 aromatic carbocycles. The third-order valence-corrected chi connectivity index (χ3v) is 5.09. The van der Waals surface area contributed by atoms with Crippen LogP contribution >= 0.6 is 12.2 Å². The van der Waals surface area contributed by atoms with Gasteiger partial charge in [0.15, 0.2) is 10.9 Å². The summed E-state index contributed by atoms with van der Waals surface area (Å²) >= 11 is 5.25. The van der Waals surface area contributed by atoms with E-state index in [0.29, 0.717) is 17.8 Å². The second-order valence-corrected chi connectivity index (χ2v) is 7.37. The summed E-state index contributed by atoms with van der Waals surface area (Å²) in [6.45, 7) is 0. The van der Waals surface area contributed by atoms with Crippen molar-refractivity contribution in [3.8, 4) is 5.75 Å². The average Bonchev–Trinajstić information content (AvgIpc) is 3.03. The molecule has 7 nitrogen and oxygen atoms in total. The summed E-state index contributed by atoms with van der Waals surface area (Å²) in [5.41, 5.74) is 10.1. The minimum absolute atomic E-state index is 0.127. The van der Waals surface area contributed by atoms with Crippen LogP contribution in [0, 0.1) is 0 Å². The molecule has 1 aliphatic rings. The van der Waals surface area contributed by atoms with Gasteiger partial charge in [0.05, 0.1) is 12.8 Å².